The molecule has 33 heavy (non-hydrogen) atoms. The highest BCUT2D eigenvalue weighted by Gasteiger charge is 2.20. The lowest BCUT2D eigenvalue weighted by Crippen LogP contribution is -2.09. The van der Waals surface area contributed by atoms with Gasteiger partial charge in [0.2, 0.25) is 5.89 Å². The van der Waals surface area contributed by atoms with Crippen LogP contribution in [0.2, 0.25) is 0 Å². The summed E-state index contributed by atoms with van der Waals surface area (Å²) in [5.41, 5.74) is 2.67. The highest BCUT2D eigenvalue weighted by molar-refractivity contribution is 5.94. The first kappa shape index (κ1) is 20.8. The molecule has 166 valence electrons. The SMILES string of the molecule is CCCCc1oc2ccccc2c1-c1ncc(-c2ccc3cc(OCC(=O)O)ccc3c2)o1. The molecule has 0 unspecified atom stereocenters. The smallest absolute Gasteiger partial charge is 0.341 e. The maximum atomic E-state index is 10.7. The quantitative estimate of drug-likeness (QED) is 0.288. The number of para-hydroxylation sites is 1. The number of carboxylic acids is 1. The number of furan rings is 1. The zero-order valence-electron chi connectivity index (χ0n) is 18.2. The average Bonchev–Trinajstić information content (AvgIpc) is 3.45. The normalized spacial score (nSPS) is 11.3. The number of ether oxygens (including phenoxy) is 1. The van der Waals surface area contributed by atoms with Gasteiger partial charge in [-0.25, -0.2) is 9.78 Å². The Labute approximate surface area is 190 Å². The fourth-order valence-electron chi connectivity index (χ4n) is 3.98. The van der Waals surface area contributed by atoms with Crippen molar-refractivity contribution in [2.45, 2.75) is 26.2 Å². The van der Waals surface area contributed by atoms with E-state index in [4.69, 9.17) is 18.7 Å². The largest absolute Gasteiger partial charge is 0.482 e. The Kier molecular flexibility index (Phi) is 5.57. The third-order valence-corrected chi connectivity index (χ3v) is 5.60. The molecule has 0 aliphatic heterocycles. The van der Waals surface area contributed by atoms with E-state index in [2.05, 4.69) is 11.9 Å². The highest BCUT2D eigenvalue weighted by atomic mass is 16.5. The summed E-state index contributed by atoms with van der Waals surface area (Å²) in [4.78, 5) is 15.3. The Morgan fingerprint density at radius 1 is 1.03 bits per heavy atom. The molecule has 6 heteroatoms. The average molecular weight is 441 g/mol. The van der Waals surface area contributed by atoms with E-state index in [0.717, 1.165) is 57.9 Å². The molecule has 5 aromatic rings. The van der Waals surface area contributed by atoms with Gasteiger partial charge < -0.3 is 18.7 Å². The first-order valence-corrected chi connectivity index (χ1v) is 11.0. The van der Waals surface area contributed by atoms with Gasteiger partial charge in [0.1, 0.15) is 17.1 Å². The summed E-state index contributed by atoms with van der Waals surface area (Å²) >= 11 is 0. The Bertz CT molecular complexity index is 1450. The molecule has 0 amide bonds. The molecule has 0 aliphatic carbocycles. The summed E-state index contributed by atoms with van der Waals surface area (Å²) in [5, 5.41) is 11.7. The number of fused-ring (bicyclic) bond motifs is 2. The molecular weight excluding hydrogens is 418 g/mol. The van der Waals surface area contributed by atoms with E-state index < -0.39 is 5.97 Å². The fraction of sp³-hybridized carbons (Fsp3) is 0.185. The summed E-state index contributed by atoms with van der Waals surface area (Å²) in [6, 6.07) is 19.4. The minimum atomic E-state index is -1.00. The van der Waals surface area contributed by atoms with Gasteiger partial charge in [-0.3, -0.25) is 0 Å². The molecule has 1 N–H and O–H groups in total. The predicted molar refractivity (Wildman–Crippen MR) is 126 cm³/mol. The van der Waals surface area contributed by atoms with Gasteiger partial charge >= 0.3 is 5.97 Å². The van der Waals surface area contributed by atoms with Crippen LogP contribution in [0.5, 0.6) is 5.75 Å². The lowest BCUT2D eigenvalue weighted by molar-refractivity contribution is -0.139. The molecule has 2 aromatic heterocycles. The Balaban J connectivity index is 1.48. The van der Waals surface area contributed by atoms with Crippen molar-refractivity contribution in [2.24, 2.45) is 0 Å². The molecule has 0 bridgehead atoms. The number of carboxylic acid groups (broad SMARTS) is 1. The van der Waals surface area contributed by atoms with Crippen LogP contribution in [-0.4, -0.2) is 22.7 Å². The van der Waals surface area contributed by atoms with E-state index in [1.54, 1.807) is 12.3 Å². The second-order valence-electron chi connectivity index (χ2n) is 7.94. The van der Waals surface area contributed by atoms with Crippen LogP contribution < -0.4 is 4.74 Å². The van der Waals surface area contributed by atoms with Gasteiger partial charge in [0.25, 0.3) is 0 Å². The van der Waals surface area contributed by atoms with E-state index in [-0.39, 0.29) is 6.61 Å². The minimum absolute atomic E-state index is 0.368. The van der Waals surface area contributed by atoms with Crippen molar-refractivity contribution in [2.75, 3.05) is 6.61 Å². The molecule has 0 aliphatic rings. The molecule has 0 fully saturated rings. The second kappa shape index (κ2) is 8.82. The molecule has 3 aromatic carbocycles. The van der Waals surface area contributed by atoms with Crippen molar-refractivity contribution in [3.8, 4) is 28.5 Å². The molecule has 0 saturated heterocycles. The zero-order chi connectivity index (χ0) is 22.8. The van der Waals surface area contributed by atoms with Gasteiger partial charge in [0, 0.05) is 17.4 Å². The monoisotopic (exact) mass is 441 g/mol. The molecule has 2 heterocycles. The molecular formula is C27H23NO5. The van der Waals surface area contributed by atoms with Crippen molar-refractivity contribution in [1.29, 1.82) is 0 Å². The van der Waals surface area contributed by atoms with E-state index >= 15 is 0 Å². The van der Waals surface area contributed by atoms with Crippen LogP contribution in [0.25, 0.3) is 44.5 Å². The number of hydrogen-bond donors (Lipinski definition) is 1. The number of nitrogens with zero attached hydrogens (tertiary/aromatic N) is 1. The van der Waals surface area contributed by atoms with Crippen LogP contribution in [0.1, 0.15) is 25.5 Å². The summed E-state index contributed by atoms with van der Waals surface area (Å²) in [6.45, 7) is 1.79. The van der Waals surface area contributed by atoms with Crippen molar-refractivity contribution >= 4 is 27.7 Å². The number of oxazole rings is 1. The number of hydrogen-bond acceptors (Lipinski definition) is 5. The number of aliphatic carboxylic acids is 1. The summed E-state index contributed by atoms with van der Waals surface area (Å²) in [6.07, 6.45) is 4.68. The van der Waals surface area contributed by atoms with Gasteiger partial charge in [-0.2, -0.15) is 0 Å². The van der Waals surface area contributed by atoms with Gasteiger partial charge in [0.15, 0.2) is 12.4 Å². The van der Waals surface area contributed by atoms with E-state index in [9.17, 15) is 4.79 Å². The number of benzene rings is 3. The highest BCUT2D eigenvalue weighted by Crippen LogP contribution is 2.37. The molecule has 0 spiro atoms. The van der Waals surface area contributed by atoms with Crippen LogP contribution in [-0.2, 0) is 11.2 Å². The predicted octanol–water partition coefficient (Wildman–Crippen LogP) is 6.71. The summed E-state index contributed by atoms with van der Waals surface area (Å²) in [7, 11) is 0. The third-order valence-electron chi connectivity index (χ3n) is 5.60. The Morgan fingerprint density at radius 2 is 1.85 bits per heavy atom. The number of aromatic nitrogens is 1. The second-order valence-corrected chi connectivity index (χ2v) is 7.94. The minimum Gasteiger partial charge on any atom is -0.482 e. The summed E-state index contributed by atoms with van der Waals surface area (Å²) < 4.78 is 17.6. The number of carbonyl (C=O) groups is 1. The fourth-order valence-corrected chi connectivity index (χ4v) is 3.98. The Morgan fingerprint density at radius 3 is 2.70 bits per heavy atom. The number of unbranched alkanes of at least 4 members (excludes halogenated alkanes) is 1. The van der Waals surface area contributed by atoms with Crippen LogP contribution in [0, 0.1) is 0 Å². The standard InChI is InChI=1S/C27H23NO5/c1-2-3-7-23-26(21-6-4-5-8-22(21)32-23)27-28-15-24(33-27)19-10-9-18-14-20(31-16-25(29)30)12-11-17(18)13-19/h4-6,8-15H,2-3,7,16H2,1H3,(H,29,30). The first-order valence-electron chi connectivity index (χ1n) is 11.0. The molecule has 0 atom stereocenters. The Hall–Kier alpha value is -4.06. The van der Waals surface area contributed by atoms with Crippen molar-refractivity contribution < 1.29 is 23.5 Å². The van der Waals surface area contributed by atoms with E-state index in [0.29, 0.717) is 17.4 Å². The van der Waals surface area contributed by atoms with Gasteiger partial charge in [-0.15, -0.1) is 0 Å². The van der Waals surface area contributed by atoms with Crippen LogP contribution in [0.4, 0.5) is 0 Å². The van der Waals surface area contributed by atoms with Crippen LogP contribution >= 0.6 is 0 Å². The van der Waals surface area contributed by atoms with Gasteiger partial charge in [-0.05, 0) is 41.5 Å². The van der Waals surface area contributed by atoms with E-state index in [1.165, 1.54) is 0 Å². The number of rotatable bonds is 8. The zero-order valence-corrected chi connectivity index (χ0v) is 18.2. The first-order chi connectivity index (χ1) is 16.1. The lowest BCUT2D eigenvalue weighted by Gasteiger charge is -2.06. The van der Waals surface area contributed by atoms with E-state index in [1.807, 2.05) is 54.6 Å². The molecule has 0 radical (unpaired) electrons. The topological polar surface area (TPSA) is 85.7 Å². The summed E-state index contributed by atoms with van der Waals surface area (Å²) in [5.74, 6) is 1.64. The van der Waals surface area contributed by atoms with Crippen molar-refractivity contribution in [3.05, 3.63) is 72.6 Å². The van der Waals surface area contributed by atoms with Crippen molar-refractivity contribution in [3.63, 3.8) is 0 Å². The number of aryl methyl sites for hydroxylation is 1. The van der Waals surface area contributed by atoms with Crippen LogP contribution in [0.15, 0.2) is 75.7 Å². The van der Waals surface area contributed by atoms with Gasteiger partial charge in [0.05, 0.1) is 11.8 Å². The van der Waals surface area contributed by atoms with Gasteiger partial charge in [-0.1, -0.05) is 49.7 Å². The van der Waals surface area contributed by atoms with Crippen molar-refractivity contribution in [1.82, 2.24) is 4.98 Å². The maximum Gasteiger partial charge on any atom is 0.341 e. The molecule has 6 nitrogen and oxygen atoms in total. The molecule has 0 saturated carbocycles. The lowest BCUT2D eigenvalue weighted by atomic mass is 10.1. The molecule has 5 rings (SSSR count). The third kappa shape index (κ3) is 4.20. The maximum absolute atomic E-state index is 10.7. The van der Waals surface area contributed by atoms with Crippen LogP contribution in [0.3, 0.4) is 0 Å².